The summed E-state index contributed by atoms with van der Waals surface area (Å²) < 4.78 is 1.65. The van der Waals surface area contributed by atoms with Crippen molar-refractivity contribution in [1.29, 1.82) is 0 Å². The topological polar surface area (TPSA) is 79.5 Å². The smallest absolute Gasteiger partial charge is 0.356 e. The van der Waals surface area contributed by atoms with Gasteiger partial charge in [-0.2, -0.15) is 5.10 Å². The Bertz CT molecular complexity index is 587. The quantitative estimate of drug-likeness (QED) is 0.822. The van der Waals surface area contributed by atoms with Gasteiger partial charge in [-0.1, -0.05) is 0 Å². The van der Waals surface area contributed by atoms with Crippen LogP contribution in [0.5, 0.6) is 0 Å². The van der Waals surface area contributed by atoms with Crippen molar-refractivity contribution in [3.63, 3.8) is 0 Å². The Morgan fingerprint density at radius 1 is 1.56 bits per heavy atom. The van der Waals surface area contributed by atoms with E-state index in [9.17, 15) is 4.79 Å². The molecule has 6 nitrogen and oxygen atoms in total. The van der Waals surface area contributed by atoms with Crippen molar-refractivity contribution in [3.05, 3.63) is 29.7 Å². The van der Waals surface area contributed by atoms with Gasteiger partial charge in [-0.3, -0.25) is 0 Å². The van der Waals surface area contributed by atoms with Crippen LogP contribution >= 0.6 is 0 Å². The maximum Gasteiger partial charge on any atom is 0.356 e. The van der Waals surface area contributed by atoms with E-state index in [2.05, 4.69) is 15.4 Å². The van der Waals surface area contributed by atoms with Crippen LogP contribution in [0.1, 0.15) is 34.9 Å². The van der Waals surface area contributed by atoms with Crippen molar-refractivity contribution in [2.75, 3.05) is 13.1 Å². The van der Waals surface area contributed by atoms with Gasteiger partial charge in [0.1, 0.15) is 0 Å². The van der Waals surface area contributed by atoms with Gasteiger partial charge in [0.2, 0.25) is 0 Å². The summed E-state index contributed by atoms with van der Waals surface area (Å²) >= 11 is 0. The molecule has 1 aliphatic heterocycles. The molecule has 1 saturated heterocycles. The average molecular weight is 246 g/mol. The molecule has 1 fully saturated rings. The van der Waals surface area contributed by atoms with E-state index in [1.807, 2.05) is 6.07 Å². The molecule has 6 heteroatoms. The Hall–Kier alpha value is -1.95. The predicted molar refractivity (Wildman–Crippen MR) is 64.8 cm³/mol. The zero-order valence-corrected chi connectivity index (χ0v) is 9.83. The Morgan fingerprint density at radius 2 is 2.44 bits per heavy atom. The SMILES string of the molecule is O=C(O)c1cc2nccc(C3CCCNC3)n2n1. The van der Waals surface area contributed by atoms with Crippen LogP contribution < -0.4 is 5.32 Å². The molecule has 0 bridgehead atoms. The standard InChI is InChI=1S/C12H14N4O2/c17-12(18)9-6-11-14-5-3-10(16(11)15-9)8-2-1-4-13-7-8/h3,5-6,8,13H,1-2,4,7H2,(H,17,18). The molecule has 2 aromatic heterocycles. The van der Waals surface area contributed by atoms with Gasteiger partial charge in [0.05, 0.1) is 5.69 Å². The van der Waals surface area contributed by atoms with Crippen LogP contribution in [0, 0.1) is 0 Å². The lowest BCUT2D eigenvalue weighted by molar-refractivity contribution is 0.0690. The number of carboxylic acids is 1. The number of aromatic carboxylic acids is 1. The van der Waals surface area contributed by atoms with E-state index >= 15 is 0 Å². The van der Waals surface area contributed by atoms with Gasteiger partial charge in [-0.15, -0.1) is 0 Å². The average Bonchev–Trinajstić information content (AvgIpc) is 2.83. The summed E-state index contributed by atoms with van der Waals surface area (Å²) in [4.78, 5) is 15.1. The lowest BCUT2D eigenvalue weighted by atomic mass is 9.96. The summed E-state index contributed by atoms with van der Waals surface area (Å²) in [5.41, 5.74) is 1.66. The van der Waals surface area contributed by atoms with E-state index in [1.165, 1.54) is 6.07 Å². The molecule has 1 aliphatic rings. The van der Waals surface area contributed by atoms with Crippen molar-refractivity contribution < 1.29 is 9.90 Å². The van der Waals surface area contributed by atoms with E-state index in [1.54, 1.807) is 10.7 Å². The predicted octanol–water partition coefficient (Wildman–Crippen LogP) is 0.894. The van der Waals surface area contributed by atoms with Gasteiger partial charge >= 0.3 is 5.97 Å². The van der Waals surface area contributed by atoms with Crippen LogP contribution in [-0.4, -0.2) is 38.8 Å². The second-order valence-electron chi connectivity index (χ2n) is 4.52. The van der Waals surface area contributed by atoms with E-state index in [-0.39, 0.29) is 5.69 Å². The molecule has 1 atom stereocenters. The van der Waals surface area contributed by atoms with Gasteiger partial charge in [-0.05, 0) is 25.5 Å². The Labute approximate surface area is 104 Å². The third-order valence-electron chi connectivity index (χ3n) is 3.32. The number of carbonyl (C=O) groups is 1. The van der Waals surface area contributed by atoms with Crippen molar-refractivity contribution in [1.82, 2.24) is 19.9 Å². The van der Waals surface area contributed by atoms with E-state index in [0.29, 0.717) is 11.6 Å². The molecule has 18 heavy (non-hydrogen) atoms. The zero-order chi connectivity index (χ0) is 12.5. The van der Waals surface area contributed by atoms with Gasteiger partial charge < -0.3 is 10.4 Å². The fourth-order valence-electron chi connectivity index (χ4n) is 2.43. The second kappa shape index (κ2) is 4.38. The number of aromatic nitrogens is 3. The van der Waals surface area contributed by atoms with Gasteiger partial charge in [-0.25, -0.2) is 14.3 Å². The van der Waals surface area contributed by atoms with E-state index < -0.39 is 5.97 Å². The molecule has 0 aliphatic carbocycles. The molecule has 2 aromatic rings. The molecule has 0 radical (unpaired) electrons. The van der Waals surface area contributed by atoms with Gasteiger partial charge in [0.25, 0.3) is 0 Å². The van der Waals surface area contributed by atoms with Crippen molar-refractivity contribution >= 4 is 11.6 Å². The third-order valence-corrected chi connectivity index (χ3v) is 3.32. The molecule has 0 amide bonds. The minimum atomic E-state index is -1.02. The Morgan fingerprint density at radius 3 is 3.17 bits per heavy atom. The number of fused-ring (bicyclic) bond motifs is 1. The molecular weight excluding hydrogens is 232 g/mol. The molecule has 3 heterocycles. The zero-order valence-electron chi connectivity index (χ0n) is 9.83. The van der Waals surface area contributed by atoms with E-state index in [0.717, 1.165) is 31.6 Å². The molecule has 0 saturated carbocycles. The Kier molecular flexibility index (Phi) is 2.71. The first-order valence-electron chi connectivity index (χ1n) is 6.04. The molecule has 0 spiro atoms. The van der Waals surface area contributed by atoms with Crippen LogP contribution in [0.4, 0.5) is 0 Å². The highest BCUT2D eigenvalue weighted by Crippen LogP contribution is 2.23. The molecule has 2 N–H and O–H groups in total. The van der Waals surface area contributed by atoms with Crippen molar-refractivity contribution in [2.45, 2.75) is 18.8 Å². The number of piperidine rings is 1. The summed E-state index contributed by atoms with van der Waals surface area (Å²) in [6.45, 7) is 1.95. The number of rotatable bonds is 2. The lowest BCUT2D eigenvalue weighted by Gasteiger charge is -2.23. The lowest BCUT2D eigenvalue weighted by Crippen LogP contribution is -2.29. The number of hydrogen-bond donors (Lipinski definition) is 2. The molecular formula is C12H14N4O2. The maximum atomic E-state index is 10.9. The number of nitrogens with one attached hydrogen (secondary N) is 1. The monoisotopic (exact) mass is 246 g/mol. The maximum absolute atomic E-state index is 10.9. The highest BCUT2D eigenvalue weighted by Gasteiger charge is 2.20. The summed E-state index contributed by atoms with van der Waals surface area (Å²) in [7, 11) is 0. The normalized spacial score (nSPS) is 20.1. The van der Waals surface area contributed by atoms with E-state index in [4.69, 9.17) is 5.11 Å². The summed E-state index contributed by atoms with van der Waals surface area (Å²) in [5.74, 6) is -0.654. The molecule has 0 aromatic carbocycles. The number of nitrogens with zero attached hydrogens (tertiary/aromatic N) is 3. The number of carboxylic acid groups (broad SMARTS) is 1. The van der Waals surface area contributed by atoms with Crippen LogP contribution in [0.25, 0.3) is 5.65 Å². The fraction of sp³-hybridized carbons (Fsp3) is 0.417. The van der Waals surface area contributed by atoms with Crippen LogP contribution in [0.2, 0.25) is 0 Å². The second-order valence-corrected chi connectivity index (χ2v) is 4.52. The first kappa shape index (κ1) is 11.2. The fourth-order valence-corrected chi connectivity index (χ4v) is 2.43. The third kappa shape index (κ3) is 1.84. The summed E-state index contributed by atoms with van der Waals surface area (Å²) in [6.07, 6.45) is 3.93. The van der Waals surface area contributed by atoms with Crippen LogP contribution in [0.3, 0.4) is 0 Å². The van der Waals surface area contributed by atoms with Gasteiger partial charge in [0.15, 0.2) is 11.3 Å². The van der Waals surface area contributed by atoms with Crippen molar-refractivity contribution in [2.24, 2.45) is 0 Å². The molecule has 94 valence electrons. The highest BCUT2D eigenvalue weighted by molar-refractivity contribution is 5.86. The first-order chi connectivity index (χ1) is 8.75. The molecule has 3 rings (SSSR count). The van der Waals surface area contributed by atoms with Crippen molar-refractivity contribution in [3.8, 4) is 0 Å². The minimum Gasteiger partial charge on any atom is -0.476 e. The highest BCUT2D eigenvalue weighted by atomic mass is 16.4. The first-order valence-corrected chi connectivity index (χ1v) is 6.04. The number of hydrogen-bond acceptors (Lipinski definition) is 4. The Balaban J connectivity index is 2.07. The summed E-state index contributed by atoms with van der Waals surface area (Å²) in [6, 6.07) is 3.42. The van der Waals surface area contributed by atoms with Gasteiger partial charge in [0, 0.05) is 24.7 Å². The van der Waals surface area contributed by atoms with Crippen LogP contribution in [0.15, 0.2) is 18.3 Å². The largest absolute Gasteiger partial charge is 0.476 e. The van der Waals surface area contributed by atoms with Crippen LogP contribution in [-0.2, 0) is 0 Å². The summed E-state index contributed by atoms with van der Waals surface area (Å²) in [5, 5.41) is 16.4. The molecule has 1 unspecified atom stereocenters. The minimum absolute atomic E-state index is 0.0405.